The van der Waals surface area contributed by atoms with E-state index in [1.165, 1.54) is 25.7 Å². The number of benzene rings is 1. The van der Waals surface area contributed by atoms with Gasteiger partial charge in [-0.25, -0.2) is 0 Å². The van der Waals surface area contributed by atoms with E-state index in [1.807, 2.05) is 25.1 Å². The maximum absolute atomic E-state index is 10.4. The van der Waals surface area contributed by atoms with Crippen LogP contribution < -0.4 is 10.1 Å². The van der Waals surface area contributed by atoms with Crippen LogP contribution in [0.4, 0.5) is 0 Å². The Labute approximate surface area is 122 Å². The van der Waals surface area contributed by atoms with Gasteiger partial charge in [0.05, 0.1) is 13.2 Å². The van der Waals surface area contributed by atoms with Crippen molar-refractivity contribution in [3.63, 3.8) is 0 Å². The van der Waals surface area contributed by atoms with Crippen molar-refractivity contribution in [3.8, 4) is 5.75 Å². The fourth-order valence-electron chi connectivity index (χ4n) is 3.15. The minimum atomic E-state index is -0.520. The molecular weight excluding hydrogens is 250 g/mol. The Morgan fingerprint density at radius 2 is 2.05 bits per heavy atom. The van der Waals surface area contributed by atoms with Crippen molar-refractivity contribution in [1.29, 1.82) is 0 Å². The summed E-state index contributed by atoms with van der Waals surface area (Å²) in [6.07, 6.45) is 4.82. The molecule has 2 N–H and O–H groups in total. The zero-order valence-corrected chi connectivity index (χ0v) is 12.9. The number of rotatable bonds is 6. The topological polar surface area (TPSA) is 41.5 Å². The lowest BCUT2D eigenvalue weighted by atomic mass is 9.99. The molecule has 2 atom stereocenters. The lowest BCUT2D eigenvalue weighted by Crippen LogP contribution is -2.35. The fourth-order valence-corrected chi connectivity index (χ4v) is 3.15. The minimum absolute atomic E-state index is 0.475. The van der Waals surface area contributed by atoms with E-state index in [1.54, 1.807) is 7.11 Å². The van der Waals surface area contributed by atoms with Crippen LogP contribution in [0.3, 0.4) is 0 Å². The summed E-state index contributed by atoms with van der Waals surface area (Å²) in [7, 11) is 1.65. The molecule has 1 aromatic rings. The first-order chi connectivity index (χ1) is 9.61. The SMILES string of the molecule is COc1ccc(C)cc1C(O)CN[C@@H](C)C1CCCC1. The van der Waals surface area contributed by atoms with Crippen molar-refractivity contribution in [2.45, 2.75) is 51.7 Å². The van der Waals surface area contributed by atoms with Gasteiger partial charge in [0, 0.05) is 18.2 Å². The normalized spacial score (nSPS) is 19.0. The van der Waals surface area contributed by atoms with Gasteiger partial charge in [0.1, 0.15) is 5.75 Å². The Hall–Kier alpha value is -1.06. The molecule has 0 radical (unpaired) electrons. The Bertz CT molecular complexity index is 427. The minimum Gasteiger partial charge on any atom is -0.496 e. The number of nitrogens with one attached hydrogen (secondary N) is 1. The number of methoxy groups -OCH3 is 1. The van der Waals surface area contributed by atoms with Crippen LogP contribution in [0.2, 0.25) is 0 Å². The van der Waals surface area contributed by atoms with Gasteiger partial charge in [-0.1, -0.05) is 24.5 Å². The van der Waals surface area contributed by atoms with E-state index in [0.717, 1.165) is 22.8 Å². The standard InChI is InChI=1S/C17H27NO2/c1-12-8-9-17(20-3)15(10-12)16(19)11-18-13(2)14-6-4-5-7-14/h8-10,13-14,16,18-19H,4-7,11H2,1-3H3/t13-,16?/m0/s1. The largest absolute Gasteiger partial charge is 0.496 e. The van der Waals surface area contributed by atoms with Crippen LogP contribution >= 0.6 is 0 Å². The van der Waals surface area contributed by atoms with E-state index >= 15 is 0 Å². The van der Waals surface area contributed by atoms with Gasteiger partial charge in [0.2, 0.25) is 0 Å². The quantitative estimate of drug-likeness (QED) is 0.839. The summed E-state index contributed by atoms with van der Waals surface area (Å²) >= 11 is 0. The third-order valence-electron chi connectivity index (χ3n) is 4.48. The molecular formula is C17H27NO2. The van der Waals surface area contributed by atoms with Crippen LogP contribution in [0.15, 0.2) is 18.2 Å². The lowest BCUT2D eigenvalue weighted by molar-refractivity contribution is 0.161. The summed E-state index contributed by atoms with van der Waals surface area (Å²) in [6.45, 7) is 4.85. The maximum atomic E-state index is 10.4. The molecule has 1 aliphatic rings. The molecule has 3 nitrogen and oxygen atoms in total. The van der Waals surface area contributed by atoms with Crippen molar-refractivity contribution in [3.05, 3.63) is 29.3 Å². The molecule has 1 saturated carbocycles. The first-order valence-corrected chi connectivity index (χ1v) is 7.67. The van der Waals surface area contributed by atoms with Crippen LogP contribution in [0.1, 0.15) is 49.8 Å². The highest BCUT2D eigenvalue weighted by molar-refractivity contribution is 5.38. The van der Waals surface area contributed by atoms with Crippen molar-refractivity contribution < 1.29 is 9.84 Å². The monoisotopic (exact) mass is 277 g/mol. The van der Waals surface area contributed by atoms with Crippen molar-refractivity contribution in [2.24, 2.45) is 5.92 Å². The molecule has 112 valence electrons. The van der Waals surface area contributed by atoms with Crippen LogP contribution in [-0.4, -0.2) is 24.8 Å². The van der Waals surface area contributed by atoms with Gasteiger partial charge in [-0.15, -0.1) is 0 Å². The summed E-state index contributed by atoms with van der Waals surface area (Å²) in [6, 6.07) is 6.41. The Kier molecular flexibility index (Phi) is 5.44. The average molecular weight is 277 g/mol. The van der Waals surface area contributed by atoms with E-state index in [-0.39, 0.29) is 0 Å². The molecule has 0 aliphatic heterocycles. The van der Waals surface area contributed by atoms with Gasteiger partial charge in [-0.3, -0.25) is 0 Å². The third kappa shape index (κ3) is 3.74. The molecule has 0 spiro atoms. The molecule has 3 heteroatoms. The van der Waals surface area contributed by atoms with Gasteiger partial charge >= 0.3 is 0 Å². The smallest absolute Gasteiger partial charge is 0.124 e. The number of aliphatic hydroxyl groups excluding tert-OH is 1. The second kappa shape index (κ2) is 7.09. The first-order valence-electron chi connectivity index (χ1n) is 7.67. The van der Waals surface area contributed by atoms with E-state index in [4.69, 9.17) is 4.74 Å². The van der Waals surface area contributed by atoms with E-state index < -0.39 is 6.10 Å². The van der Waals surface area contributed by atoms with Gasteiger partial charge in [-0.05, 0) is 44.7 Å². The Morgan fingerprint density at radius 1 is 1.35 bits per heavy atom. The first kappa shape index (κ1) is 15.3. The molecule has 0 amide bonds. The molecule has 1 unspecified atom stereocenters. The summed E-state index contributed by atoms with van der Waals surface area (Å²) in [5.74, 6) is 1.53. The van der Waals surface area contributed by atoms with Gasteiger partial charge in [-0.2, -0.15) is 0 Å². The van der Waals surface area contributed by atoms with Gasteiger partial charge < -0.3 is 15.2 Å². The van der Waals surface area contributed by atoms with Crippen molar-refractivity contribution >= 4 is 0 Å². The lowest BCUT2D eigenvalue weighted by Gasteiger charge is -2.23. The molecule has 0 saturated heterocycles. The highest BCUT2D eigenvalue weighted by Crippen LogP contribution is 2.29. The molecule has 0 heterocycles. The van der Waals surface area contributed by atoms with Crippen molar-refractivity contribution in [2.75, 3.05) is 13.7 Å². The van der Waals surface area contributed by atoms with Gasteiger partial charge in [0.15, 0.2) is 0 Å². The second-order valence-electron chi connectivity index (χ2n) is 6.00. The molecule has 1 aromatic carbocycles. The number of ether oxygens (including phenoxy) is 1. The highest BCUT2D eigenvalue weighted by Gasteiger charge is 2.22. The predicted molar refractivity (Wildman–Crippen MR) is 82.1 cm³/mol. The second-order valence-corrected chi connectivity index (χ2v) is 6.00. The zero-order valence-electron chi connectivity index (χ0n) is 12.9. The van der Waals surface area contributed by atoms with Crippen LogP contribution in [0, 0.1) is 12.8 Å². The molecule has 0 aromatic heterocycles. The van der Waals surface area contributed by atoms with Crippen LogP contribution in [0.25, 0.3) is 0 Å². The van der Waals surface area contributed by atoms with E-state index in [0.29, 0.717) is 12.6 Å². The fraction of sp³-hybridized carbons (Fsp3) is 0.647. The summed E-state index contributed by atoms with van der Waals surface area (Å²) in [5, 5.41) is 13.9. The summed E-state index contributed by atoms with van der Waals surface area (Å²) in [5.41, 5.74) is 2.02. The Balaban J connectivity index is 1.93. The number of hydrogen-bond donors (Lipinski definition) is 2. The summed E-state index contributed by atoms with van der Waals surface area (Å²) < 4.78 is 5.34. The predicted octanol–water partition coefficient (Wildman–Crippen LogP) is 3.21. The van der Waals surface area contributed by atoms with E-state index in [2.05, 4.69) is 12.2 Å². The van der Waals surface area contributed by atoms with Gasteiger partial charge in [0.25, 0.3) is 0 Å². The Morgan fingerprint density at radius 3 is 2.70 bits per heavy atom. The number of aryl methyl sites for hydroxylation is 1. The zero-order chi connectivity index (χ0) is 14.5. The number of aliphatic hydroxyl groups is 1. The summed E-state index contributed by atoms with van der Waals surface area (Å²) in [4.78, 5) is 0. The molecule has 1 fully saturated rings. The molecule has 20 heavy (non-hydrogen) atoms. The molecule has 0 bridgehead atoms. The molecule has 2 rings (SSSR count). The average Bonchev–Trinajstić information content (AvgIpc) is 2.98. The van der Waals surface area contributed by atoms with Crippen molar-refractivity contribution in [1.82, 2.24) is 5.32 Å². The third-order valence-corrected chi connectivity index (χ3v) is 4.48. The highest BCUT2D eigenvalue weighted by atomic mass is 16.5. The van der Waals surface area contributed by atoms with E-state index in [9.17, 15) is 5.11 Å². The number of hydrogen-bond acceptors (Lipinski definition) is 3. The molecule has 1 aliphatic carbocycles. The van der Waals surface area contributed by atoms with Crippen LogP contribution in [-0.2, 0) is 0 Å². The van der Waals surface area contributed by atoms with Crippen LogP contribution in [0.5, 0.6) is 5.75 Å². The maximum Gasteiger partial charge on any atom is 0.124 e.